The lowest BCUT2D eigenvalue weighted by Gasteiger charge is -2.33. The molecule has 1 saturated heterocycles. The van der Waals surface area contributed by atoms with Crippen molar-refractivity contribution in [1.82, 2.24) is 19.4 Å². The van der Waals surface area contributed by atoms with Crippen molar-refractivity contribution in [3.8, 4) is 11.3 Å². The van der Waals surface area contributed by atoms with Gasteiger partial charge in [-0.25, -0.2) is 4.98 Å². The Labute approximate surface area is 181 Å². The van der Waals surface area contributed by atoms with Crippen LogP contribution < -0.4 is 0 Å². The zero-order valence-corrected chi connectivity index (χ0v) is 19.2. The third kappa shape index (κ3) is 4.76. The summed E-state index contributed by atoms with van der Waals surface area (Å²) in [6.07, 6.45) is 12.8. The summed E-state index contributed by atoms with van der Waals surface area (Å²) in [6, 6.07) is 9.06. The number of aromatic nitrogens is 3. The molecule has 2 aromatic heterocycles. The maximum absolute atomic E-state index is 4.52. The third-order valence-electron chi connectivity index (χ3n) is 5.81. The highest BCUT2D eigenvalue weighted by molar-refractivity contribution is 5.96. The van der Waals surface area contributed by atoms with Gasteiger partial charge in [-0.2, -0.15) is 0 Å². The second-order valence-corrected chi connectivity index (χ2v) is 7.90. The predicted molar refractivity (Wildman–Crippen MR) is 129 cm³/mol. The van der Waals surface area contributed by atoms with Crippen LogP contribution in [0.2, 0.25) is 0 Å². The van der Waals surface area contributed by atoms with Crippen molar-refractivity contribution in [3.05, 3.63) is 66.3 Å². The van der Waals surface area contributed by atoms with Gasteiger partial charge in [0.2, 0.25) is 0 Å². The minimum atomic E-state index is 0.515. The fraction of sp³-hybridized carbons (Fsp3) is 0.423. The third-order valence-corrected chi connectivity index (χ3v) is 5.81. The van der Waals surface area contributed by atoms with Gasteiger partial charge in [-0.05, 0) is 39.7 Å². The number of nitrogens with zero attached hydrogens (tertiary/aromatic N) is 3. The number of hydrogen-bond donors (Lipinski definition) is 1. The van der Waals surface area contributed by atoms with E-state index in [0.29, 0.717) is 6.04 Å². The summed E-state index contributed by atoms with van der Waals surface area (Å²) in [6.45, 7) is 13.8. The summed E-state index contributed by atoms with van der Waals surface area (Å²) in [5, 5.41) is 1.28. The van der Waals surface area contributed by atoms with E-state index in [-0.39, 0.29) is 0 Å². The maximum atomic E-state index is 4.52. The predicted octanol–water partition coefficient (Wildman–Crippen LogP) is 6.53. The molecule has 4 nitrogen and oxygen atoms in total. The first-order valence-electron chi connectivity index (χ1n) is 11.3. The molecule has 1 aliphatic heterocycles. The molecule has 4 heteroatoms. The monoisotopic (exact) mass is 404 g/mol. The lowest BCUT2D eigenvalue weighted by Crippen LogP contribution is -2.35. The van der Waals surface area contributed by atoms with Crippen LogP contribution in [0.25, 0.3) is 22.2 Å². The molecule has 0 bridgehead atoms. The topological polar surface area (TPSA) is 36.9 Å². The molecule has 0 spiro atoms. The number of hydrogen-bond acceptors (Lipinski definition) is 2. The smallest absolute Gasteiger partial charge is 0.0953 e. The molecule has 0 amide bonds. The minimum absolute atomic E-state index is 0.515. The minimum Gasteiger partial charge on any atom is -0.358 e. The number of nitrogens with one attached hydrogen (secondary N) is 1. The van der Waals surface area contributed by atoms with E-state index in [2.05, 4.69) is 82.7 Å². The number of likely N-dealkylation sites (tertiary alicyclic amines) is 1. The number of imidazole rings is 1. The fourth-order valence-electron chi connectivity index (χ4n) is 4.42. The molecular weight excluding hydrogens is 368 g/mol. The zero-order valence-electron chi connectivity index (χ0n) is 19.2. The number of aryl methyl sites for hydroxylation is 1. The van der Waals surface area contributed by atoms with E-state index < -0.39 is 0 Å². The SMILES string of the molecule is C/C=C\C=C(/C)CN1CCC(n2cncc2-c2c(C)[nH]c3ccccc23)CC1.CC. The fourth-order valence-corrected chi connectivity index (χ4v) is 4.42. The van der Waals surface area contributed by atoms with Crippen LogP contribution in [0.3, 0.4) is 0 Å². The molecular formula is C26H36N4. The van der Waals surface area contributed by atoms with Crippen LogP contribution in [-0.4, -0.2) is 39.1 Å². The standard InChI is InChI=1S/C24H30N4.C2H6/c1-4-5-8-18(2)16-27-13-11-20(12-14-27)28-17-25-15-23(28)24-19(3)26-22-10-7-6-9-21(22)24;1-2/h4-10,15,17,20,26H,11-14,16H2,1-3H3;1-2H3/b5-4-,18-8+;. The summed E-state index contributed by atoms with van der Waals surface area (Å²) >= 11 is 0. The Morgan fingerprint density at radius 1 is 1.20 bits per heavy atom. The van der Waals surface area contributed by atoms with E-state index in [9.17, 15) is 0 Å². The van der Waals surface area contributed by atoms with E-state index in [1.807, 2.05) is 26.4 Å². The molecule has 1 fully saturated rings. The Hall–Kier alpha value is -2.59. The largest absolute Gasteiger partial charge is 0.358 e. The first-order valence-corrected chi connectivity index (χ1v) is 11.3. The number of allylic oxidation sites excluding steroid dienone is 3. The van der Waals surface area contributed by atoms with E-state index in [0.717, 1.165) is 19.6 Å². The van der Waals surface area contributed by atoms with Gasteiger partial charge in [0.15, 0.2) is 0 Å². The van der Waals surface area contributed by atoms with E-state index in [1.54, 1.807) is 0 Å². The van der Waals surface area contributed by atoms with Gasteiger partial charge in [-0.1, -0.05) is 55.8 Å². The van der Waals surface area contributed by atoms with Crippen LogP contribution in [0.1, 0.15) is 52.3 Å². The van der Waals surface area contributed by atoms with Crippen LogP contribution in [0.4, 0.5) is 0 Å². The van der Waals surface area contributed by atoms with Crippen LogP contribution in [0.5, 0.6) is 0 Å². The molecule has 4 rings (SSSR count). The molecule has 0 aliphatic carbocycles. The van der Waals surface area contributed by atoms with Gasteiger partial charge in [-0.15, -0.1) is 0 Å². The van der Waals surface area contributed by atoms with E-state index >= 15 is 0 Å². The van der Waals surface area contributed by atoms with Crippen molar-refractivity contribution in [2.45, 2.75) is 53.5 Å². The normalized spacial score (nSPS) is 16.2. The highest BCUT2D eigenvalue weighted by Gasteiger charge is 2.24. The van der Waals surface area contributed by atoms with Crippen LogP contribution in [0, 0.1) is 6.92 Å². The summed E-state index contributed by atoms with van der Waals surface area (Å²) < 4.78 is 2.41. The lowest BCUT2D eigenvalue weighted by atomic mass is 10.0. The number of rotatable bonds is 5. The second-order valence-electron chi connectivity index (χ2n) is 7.90. The van der Waals surface area contributed by atoms with Gasteiger partial charge in [-0.3, -0.25) is 4.90 Å². The number of benzene rings is 1. The Morgan fingerprint density at radius 3 is 2.67 bits per heavy atom. The van der Waals surface area contributed by atoms with E-state index in [1.165, 1.54) is 46.3 Å². The molecule has 30 heavy (non-hydrogen) atoms. The van der Waals surface area contributed by atoms with Crippen LogP contribution in [-0.2, 0) is 0 Å². The van der Waals surface area contributed by atoms with Crippen LogP contribution >= 0.6 is 0 Å². The number of piperidine rings is 1. The first-order chi connectivity index (χ1) is 14.7. The summed E-state index contributed by atoms with van der Waals surface area (Å²) in [7, 11) is 0. The lowest BCUT2D eigenvalue weighted by molar-refractivity contribution is 0.200. The molecule has 1 aliphatic rings. The Balaban J connectivity index is 0.00000124. The van der Waals surface area contributed by atoms with E-state index in [4.69, 9.17) is 0 Å². The Kier molecular flexibility index (Phi) is 7.69. The highest BCUT2D eigenvalue weighted by atomic mass is 15.2. The Bertz CT molecular complexity index is 997. The molecule has 1 N–H and O–H groups in total. The average Bonchev–Trinajstić information content (AvgIpc) is 3.37. The summed E-state index contributed by atoms with van der Waals surface area (Å²) in [5.41, 5.74) is 6.36. The molecule has 3 heterocycles. The quantitative estimate of drug-likeness (QED) is 0.491. The van der Waals surface area contributed by atoms with Gasteiger partial charge in [0, 0.05) is 47.8 Å². The Morgan fingerprint density at radius 2 is 1.93 bits per heavy atom. The van der Waals surface area contributed by atoms with Gasteiger partial charge in [0.05, 0.1) is 18.2 Å². The van der Waals surface area contributed by atoms with Crippen LogP contribution in [0.15, 0.2) is 60.6 Å². The second kappa shape index (κ2) is 10.4. The van der Waals surface area contributed by atoms with Crippen molar-refractivity contribution >= 4 is 10.9 Å². The number of para-hydroxylation sites is 1. The zero-order chi connectivity index (χ0) is 21.5. The number of aromatic amines is 1. The highest BCUT2D eigenvalue weighted by Crippen LogP contribution is 2.35. The summed E-state index contributed by atoms with van der Waals surface area (Å²) in [5.74, 6) is 0. The van der Waals surface area contributed by atoms with Gasteiger partial charge in [0.1, 0.15) is 0 Å². The maximum Gasteiger partial charge on any atom is 0.0953 e. The number of H-pyrrole nitrogens is 1. The molecule has 0 saturated carbocycles. The van der Waals surface area contributed by atoms with Gasteiger partial charge >= 0.3 is 0 Å². The average molecular weight is 405 g/mol. The van der Waals surface area contributed by atoms with Crippen molar-refractivity contribution in [3.63, 3.8) is 0 Å². The van der Waals surface area contributed by atoms with Crippen molar-refractivity contribution in [2.24, 2.45) is 0 Å². The first kappa shape index (κ1) is 22.1. The molecule has 3 aromatic rings. The molecule has 1 aromatic carbocycles. The van der Waals surface area contributed by atoms with Crippen molar-refractivity contribution in [1.29, 1.82) is 0 Å². The van der Waals surface area contributed by atoms with Gasteiger partial charge in [0.25, 0.3) is 0 Å². The molecule has 0 radical (unpaired) electrons. The summed E-state index contributed by atoms with van der Waals surface area (Å²) in [4.78, 5) is 10.6. The molecule has 0 atom stereocenters. The molecule has 0 unspecified atom stereocenters. The van der Waals surface area contributed by atoms with Crippen molar-refractivity contribution in [2.75, 3.05) is 19.6 Å². The van der Waals surface area contributed by atoms with Gasteiger partial charge < -0.3 is 9.55 Å². The van der Waals surface area contributed by atoms with Crippen molar-refractivity contribution < 1.29 is 0 Å². The number of fused-ring (bicyclic) bond motifs is 1. The molecule has 160 valence electrons.